The van der Waals surface area contributed by atoms with Crippen LogP contribution in [-0.2, 0) is 10.2 Å². The van der Waals surface area contributed by atoms with Gasteiger partial charge in [-0.1, -0.05) is 45.0 Å². The Hall–Kier alpha value is -2.82. The molecule has 0 bridgehead atoms. The van der Waals surface area contributed by atoms with Crippen molar-refractivity contribution in [1.82, 2.24) is 0 Å². The first-order chi connectivity index (χ1) is 11.3. The van der Waals surface area contributed by atoms with E-state index in [1.807, 2.05) is 45.0 Å². The standard InChI is InChI=1S/C19H21NO4/c1-19(2,3)13-9-10-16(24-12-17(21)22)15(11-13)18(23)20-14-7-5-4-6-8-14/h4-11H,12H2,1-3H3,(H,20,23)(H,21,22). The van der Waals surface area contributed by atoms with Crippen LogP contribution in [0.15, 0.2) is 48.5 Å². The number of para-hydroxylation sites is 1. The Kier molecular flexibility index (Phi) is 5.24. The van der Waals surface area contributed by atoms with E-state index in [-0.39, 0.29) is 17.1 Å². The van der Waals surface area contributed by atoms with Crippen molar-refractivity contribution < 1.29 is 19.4 Å². The highest BCUT2D eigenvalue weighted by molar-refractivity contribution is 6.06. The molecule has 24 heavy (non-hydrogen) atoms. The molecule has 0 aliphatic rings. The fourth-order valence-electron chi connectivity index (χ4n) is 2.16. The zero-order valence-corrected chi connectivity index (χ0v) is 14.0. The summed E-state index contributed by atoms with van der Waals surface area (Å²) in [6.45, 7) is 5.62. The molecule has 5 nitrogen and oxygen atoms in total. The Labute approximate surface area is 141 Å². The van der Waals surface area contributed by atoms with Crippen molar-refractivity contribution in [2.45, 2.75) is 26.2 Å². The Morgan fingerprint density at radius 3 is 2.33 bits per heavy atom. The summed E-state index contributed by atoms with van der Waals surface area (Å²) in [4.78, 5) is 23.4. The van der Waals surface area contributed by atoms with Crippen molar-refractivity contribution >= 4 is 17.6 Å². The zero-order chi connectivity index (χ0) is 17.7. The minimum Gasteiger partial charge on any atom is -0.481 e. The van der Waals surface area contributed by atoms with Gasteiger partial charge in [-0.3, -0.25) is 4.79 Å². The molecule has 0 saturated heterocycles. The number of hydrogen-bond acceptors (Lipinski definition) is 3. The van der Waals surface area contributed by atoms with E-state index in [0.29, 0.717) is 11.3 Å². The number of anilines is 1. The molecule has 0 unspecified atom stereocenters. The summed E-state index contributed by atoms with van der Waals surface area (Å²) in [5.74, 6) is -1.18. The molecule has 0 aromatic heterocycles. The number of hydrogen-bond donors (Lipinski definition) is 2. The SMILES string of the molecule is CC(C)(C)c1ccc(OCC(=O)O)c(C(=O)Nc2ccccc2)c1. The summed E-state index contributed by atoms with van der Waals surface area (Å²) in [6.07, 6.45) is 0. The Morgan fingerprint density at radius 1 is 1.08 bits per heavy atom. The molecule has 0 aliphatic carbocycles. The molecule has 0 aliphatic heterocycles. The lowest BCUT2D eigenvalue weighted by atomic mass is 9.86. The molecular weight excluding hydrogens is 306 g/mol. The molecule has 0 fully saturated rings. The number of ether oxygens (including phenoxy) is 1. The van der Waals surface area contributed by atoms with Crippen LogP contribution < -0.4 is 10.1 Å². The molecule has 0 atom stereocenters. The summed E-state index contributed by atoms with van der Waals surface area (Å²) >= 11 is 0. The van der Waals surface area contributed by atoms with Crippen molar-refractivity contribution in [3.05, 3.63) is 59.7 Å². The molecule has 0 radical (unpaired) electrons. The highest BCUT2D eigenvalue weighted by atomic mass is 16.5. The second kappa shape index (κ2) is 7.17. The van der Waals surface area contributed by atoms with E-state index < -0.39 is 12.6 Å². The highest BCUT2D eigenvalue weighted by Crippen LogP contribution is 2.28. The minimum atomic E-state index is -1.09. The van der Waals surface area contributed by atoms with Crippen molar-refractivity contribution in [2.24, 2.45) is 0 Å². The molecule has 0 saturated carbocycles. The monoisotopic (exact) mass is 327 g/mol. The van der Waals surface area contributed by atoms with Gasteiger partial charge in [0.1, 0.15) is 5.75 Å². The topological polar surface area (TPSA) is 75.6 Å². The summed E-state index contributed by atoms with van der Waals surface area (Å²) in [6, 6.07) is 14.3. The minimum absolute atomic E-state index is 0.146. The van der Waals surface area contributed by atoms with Crippen molar-refractivity contribution in [1.29, 1.82) is 0 Å². The van der Waals surface area contributed by atoms with E-state index in [0.717, 1.165) is 5.56 Å². The third-order valence-corrected chi connectivity index (χ3v) is 3.47. The van der Waals surface area contributed by atoms with E-state index >= 15 is 0 Å². The van der Waals surface area contributed by atoms with Crippen LogP contribution in [0, 0.1) is 0 Å². The van der Waals surface area contributed by atoms with Crippen LogP contribution in [0.5, 0.6) is 5.75 Å². The molecule has 126 valence electrons. The molecule has 0 heterocycles. The van der Waals surface area contributed by atoms with Crippen molar-refractivity contribution in [3.8, 4) is 5.75 Å². The molecule has 1 amide bonds. The molecule has 2 rings (SSSR count). The second-order valence-electron chi connectivity index (χ2n) is 6.46. The quantitative estimate of drug-likeness (QED) is 0.878. The Bertz CT molecular complexity index is 733. The lowest BCUT2D eigenvalue weighted by Crippen LogP contribution is -2.18. The number of carbonyl (C=O) groups excluding carboxylic acids is 1. The largest absolute Gasteiger partial charge is 0.481 e. The molecule has 2 aromatic rings. The van der Waals surface area contributed by atoms with Gasteiger partial charge in [0.2, 0.25) is 0 Å². The van der Waals surface area contributed by atoms with E-state index in [4.69, 9.17) is 9.84 Å². The van der Waals surface area contributed by atoms with Crippen LogP contribution in [-0.4, -0.2) is 23.6 Å². The number of rotatable bonds is 5. The third kappa shape index (κ3) is 4.59. The van der Waals surface area contributed by atoms with Gasteiger partial charge in [-0.15, -0.1) is 0 Å². The molecule has 5 heteroatoms. The van der Waals surface area contributed by atoms with Gasteiger partial charge in [0.05, 0.1) is 5.56 Å². The van der Waals surface area contributed by atoms with E-state index in [1.54, 1.807) is 24.3 Å². The maximum absolute atomic E-state index is 12.6. The lowest BCUT2D eigenvalue weighted by molar-refractivity contribution is -0.139. The summed E-state index contributed by atoms with van der Waals surface area (Å²) in [5, 5.41) is 11.6. The first-order valence-electron chi connectivity index (χ1n) is 7.63. The number of nitrogens with one attached hydrogen (secondary N) is 1. The van der Waals surface area contributed by atoms with Crippen LogP contribution in [0.3, 0.4) is 0 Å². The van der Waals surface area contributed by atoms with Gasteiger partial charge in [-0.25, -0.2) is 4.79 Å². The second-order valence-corrected chi connectivity index (χ2v) is 6.46. The number of amides is 1. The molecule has 0 spiro atoms. The molecule has 2 aromatic carbocycles. The van der Waals surface area contributed by atoms with Gasteiger partial charge in [-0.05, 0) is 35.2 Å². The average Bonchev–Trinajstić information content (AvgIpc) is 2.52. The maximum Gasteiger partial charge on any atom is 0.341 e. The van der Waals surface area contributed by atoms with Gasteiger partial charge in [0.15, 0.2) is 6.61 Å². The van der Waals surface area contributed by atoms with Crippen molar-refractivity contribution in [3.63, 3.8) is 0 Å². The van der Waals surface area contributed by atoms with Crippen LogP contribution >= 0.6 is 0 Å². The Balaban J connectivity index is 2.35. The maximum atomic E-state index is 12.6. The number of carboxylic acids is 1. The first kappa shape index (κ1) is 17.5. The average molecular weight is 327 g/mol. The first-order valence-corrected chi connectivity index (χ1v) is 7.63. The van der Waals surface area contributed by atoms with E-state index in [1.165, 1.54) is 0 Å². The summed E-state index contributed by atoms with van der Waals surface area (Å²) < 4.78 is 5.26. The predicted octanol–water partition coefficient (Wildman–Crippen LogP) is 3.70. The zero-order valence-electron chi connectivity index (χ0n) is 14.0. The van der Waals surface area contributed by atoms with Crippen LogP contribution in [0.1, 0.15) is 36.7 Å². The molecule has 2 N–H and O–H groups in total. The third-order valence-electron chi connectivity index (χ3n) is 3.47. The van der Waals surface area contributed by atoms with E-state index in [2.05, 4.69) is 5.32 Å². The van der Waals surface area contributed by atoms with Gasteiger partial charge in [-0.2, -0.15) is 0 Å². The normalized spacial score (nSPS) is 11.0. The number of aliphatic carboxylic acids is 1. The Morgan fingerprint density at radius 2 is 1.75 bits per heavy atom. The number of carbonyl (C=O) groups is 2. The molecular formula is C19H21NO4. The van der Waals surface area contributed by atoms with Gasteiger partial charge >= 0.3 is 5.97 Å². The fraction of sp³-hybridized carbons (Fsp3) is 0.263. The predicted molar refractivity (Wildman–Crippen MR) is 92.7 cm³/mol. The van der Waals surface area contributed by atoms with Crippen LogP contribution in [0.25, 0.3) is 0 Å². The van der Waals surface area contributed by atoms with Gasteiger partial charge in [0.25, 0.3) is 5.91 Å². The van der Waals surface area contributed by atoms with Gasteiger partial charge in [0, 0.05) is 5.69 Å². The number of benzene rings is 2. The van der Waals surface area contributed by atoms with E-state index in [9.17, 15) is 9.59 Å². The summed E-state index contributed by atoms with van der Waals surface area (Å²) in [5.41, 5.74) is 1.79. The summed E-state index contributed by atoms with van der Waals surface area (Å²) in [7, 11) is 0. The van der Waals surface area contributed by atoms with Crippen LogP contribution in [0.2, 0.25) is 0 Å². The lowest BCUT2D eigenvalue weighted by Gasteiger charge is -2.21. The van der Waals surface area contributed by atoms with Gasteiger partial charge < -0.3 is 15.2 Å². The smallest absolute Gasteiger partial charge is 0.341 e. The fourth-order valence-corrected chi connectivity index (χ4v) is 2.16. The van der Waals surface area contributed by atoms with Crippen LogP contribution in [0.4, 0.5) is 5.69 Å². The van der Waals surface area contributed by atoms with Crippen molar-refractivity contribution in [2.75, 3.05) is 11.9 Å². The highest BCUT2D eigenvalue weighted by Gasteiger charge is 2.20. The number of carboxylic acid groups (broad SMARTS) is 1.